The SMILES string of the molecule is COC(=O)CC(NC(=O)[C@@H]1CCCNC1)c1cccs1. The van der Waals surface area contributed by atoms with Crippen molar-refractivity contribution in [3.8, 4) is 0 Å². The van der Waals surface area contributed by atoms with Crippen molar-refractivity contribution in [2.75, 3.05) is 20.2 Å². The highest BCUT2D eigenvalue weighted by Gasteiger charge is 2.25. The third-order valence-corrected chi connectivity index (χ3v) is 4.46. The number of thiophene rings is 1. The van der Waals surface area contributed by atoms with Crippen molar-refractivity contribution in [1.82, 2.24) is 10.6 Å². The average molecular weight is 296 g/mol. The molecule has 1 aliphatic heterocycles. The lowest BCUT2D eigenvalue weighted by atomic mass is 9.98. The molecule has 2 heterocycles. The van der Waals surface area contributed by atoms with E-state index >= 15 is 0 Å². The lowest BCUT2D eigenvalue weighted by Crippen LogP contribution is -2.42. The van der Waals surface area contributed by atoms with E-state index in [9.17, 15) is 9.59 Å². The van der Waals surface area contributed by atoms with Gasteiger partial charge in [-0.2, -0.15) is 0 Å². The maximum Gasteiger partial charge on any atom is 0.307 e. The molecule has 0 radical (unpaired) electrons. The van der Waals surface area contributed by atoms with Crippen molar-refractivity contribution < 1.29 is 14.3 Å². The van der Waals surface area contributed by atoms with Crippen LogP contribution in [0.25, 0.3) is 0 Å². The highest BCUT2D eigenvalue weighted by molar-refractivity contribution is 7.10. The molecule has 0 spiro atoms. The highest BCUT2D eigenvalue weighted by atomic mass is 32.1. The molecule has 1 aromatic heterocycles. The summed E-state index contributed by atoms with van der Waals surface area (Å²) in [5.74, 6) is -0.311. The number of ether oxygens (including phenoxy) is 1. The minimum atomic E-state index is -0.314. The number of rotatable bonds is 5. The first kappa shape index (κ1) is 15.0. The van der Waals surface area contributed by atoms with Gasteiger partial charge in [-0.3, -0.25) is 9.59 Å². The molecule has 5 nitrogen and oxygen atoms in total. The Hall–Kier alpha value is -1.40. The molecular weight excluding hydrogens is 276 g/mol. The Morgan fingerprint density at radius 2 is 2.45 bits per heavy atom. The van der Waals surface area contributed by atoms with Gasteiger partial charge in [-0.1, -0.05) is 6.07 Å². The second kappa shape index (κ2) is 7.40. The average Bonchev–Trinajstić information content (AvgIpc) is 3.01. The predicted molar refractivity (Wildman–Crippen MR) is 77.4 cm³/mol. The molecule has 20 heavy (non-hydrogen) atoms. The van der Waals surface area contributed by atoms with Gasteiger partial charge in [-0.05, 0) is 30.8 Å². The molecule has 2 atom stereocenters. The monoisotopic (exact) mass is 296 g/mol. The first-order chi connectivity index (χ1) is 9.70. The van der Waals surface area contributed by atoms with Gasteiger partial charge in [0.15, 0.2) is 0 Å². The fourth-order valence-corrected chi connectivity index (χ4v) is 3.11. The summed E-state index contributed by atoms with van der Waals surface area (Å²) >= 11 is 1.53. The van der Waals surface area contributed by atoms with E-state index in [4.69, 9.17) is 4.74 Å². The van der Waals surface area contributed by atoms with E-state index in [1.807, 2.05) is 17.5 Å². The number of esters is 1. The Labute approximate surface area is 122 Å². The van der Waals surface area contributed by atoms with Crippen molar-refractivity contribution in [1.29, 1.82) is 0 Å². The van der Waals surface area contributed by atoms with E-state index in [0.29, 0.717) is 6.54 Å². The van der Waals surface area contributed by atoms with Gasteiger partial charge in [0.2, 0.25) is 5.91 Å². The smallest absolute Gasteiger partial charge is 0.307 e. The number of carbonyl (C=O) groups excluding carboxylic acids is 2. The third kappa shape index (κ3) is 4.05. The normalized spacial score (nSPS) is 20.1. The second-order valence-corrected chi connectivity index (χ2v) is 5.88. The molecule has 1 aromatic rings. The van der Waals surface area contributed by atoms with Gasteiger partial charge in [0, 0.05) is 11.4 Å². The second-order valence-electron chi connectivity index (χ2n) is 4.90. The molecule has 1 saturated heterocycles. The number of hydrogen-bond donors (Lipinski definition) is 2. The summed E-state index contributed by atoms with van der Waals surface area (Å²) in [5.41, 5.74) is 0. The maximum absolute atomic E-state index is 12.3. The molecule has 0 saturated carbocycles. The Morgan fingerprint density at radius 1 is 1.60 bits per heavy atom. The summed E-state index contributed by atoms with van der Waals surface area (Å²) < 4.78 is 4.71. The van der Waals surface area contributed by atoms with Crippen LogP contribution in [0.2, 0.25) is 0 Å². The number of amides is 1. The van der Waals surface area contributed by atoms with Gasteiger partial charge >= 0.3 is 5.97 Å². The van der Waals surface area contributed by atoms with Crippen LogP contribution in [0.4, 0.5) is 0 Å². The van der Waals surface area contributed by atoms with Gasteiger partial charge in [0.1, 0.15) is 0 Å². The molecule has 1 aliphatic rings. The third-order valence-electron chi connectivity index (χ3n) is 3.47. The maximum atomic E-state index is 12.3. The van der Waals surface area contributed by atoms with Crippen LogP contribution >= 0.6 is 11.3 Å². The minimum Gasteiger partial charge on any atom is -0.469 e. The summed E-state index contributed by atoms with van der Waals surface area (Å²) in [6.07, 6.45) is 2.08. The Kier molecular flexibility index (Phi) is 5.55. The van der Waals surface area contributed by atoms with Crippen LogP contribution in [0, 0.1) is 5.92 Å². The Balaban J connectivity index is 1.99. The molecule has 1 amide bonds. The molecule has 0 aliphatic carbocycles. The first-order valence-corrected chi connectivity index (χ1v) is 7.70. The lowest BCUT2D eigenvalue weighted by Gasteiger charge is -2.24. The van der Waals surface area contributed by atoms with E-state index in [1.54, 1.807) is 0 Å². The predicted octanol–water partition coefficient (Wildman–Crippen LogP) is 1.47. The number of carbonyl (C=O) groups is 2. The summed E-state index contributed by atoms with van der Waals surface area (Å²) in [6, 6.07) is 3.55. The standard InChI is InChI=1S/C14H20N2O3S/c1-19-13(17)8-11(12-5-3-7-20-12)16-14(18)10-4-2-6-15-9-10/h3,5,7,10-11,15H,2,4,6,8-9H2,1H3,(H,16,18)/t10-,11?/m1/s1. The van der Waals surface area contributed by atoms with Crippen LogP contribution in [0.3, 0.4) is 0 Å². The summed E-state index contributed by atoms with van der Waals surface area (Å²) in [5, 5.41) is 8.15. The zero-order valence-electron chi connectivity index (χ0n) is 11.6. The number of hydrogen-bond acceptors (Lipinski definition) is 5. The van der Waals surface area contributed by atoms with Crippen molar-refractivity contribution in [2.24, 2.45) is 5.92 Å². The van der Waals surface area contributed by atoms with Crippen LogP contribution < -0.4 is 10.6 Å². The van der Waals surface area contributed by atoms with E-state index in [1.165, 1.54) is 18.4 Å². The van der Waals surface area contributed by atoms with Crippen molar-refractivity contribution >= 4 is 23.2 Å². The Morgan fingerprint density at radius 3 is 3.05 bits per heavy atom. The van der Waals surface area contributed by atoms with Crippen molar-refractivity contribution in [2.45, 2.75) is 25.3 Å². The topological polar surface area (TPSA) is 67.4 Å². The molecule has 6 heteroatoms. The van der Waals surface area contributed by atoms with Crippen LogP contribution in [0.1, 0.15) is 30.2 Å². The summed E-state index contributed by atoms with van der Waals surface area (Å²) in [6.45, 7) is 1.68. The molecule has 2 N–H and O–H groups in total. The van der Waals surface area contributed by atoms with Crippen LogP contribution in [-0.2, 0) is 14.3 Å². The zero-order valence-corrected chi connectivity index (χ0v) is 12.4. The largest absolute Gasteiger partial charge is 0.469 e. The summed E-state index contributed by atoms with van der Waals surface area (Å²) in [4.78, 5) is 24.7. The van der Waals surface area contributed by atoms with Gasteiger partial charge in [-0.25, -0.2) is 0 Å². The van der Waals surface area contributed by atoms with Crippen molar-refractivity contribution in [3.05, 3.63) is 22.4 Å². The zero-order chi connectivity index (χ0) is 14.4. The summed E-state index contributed by atoms with van der Waals surface area (Å²) in [7, 11) is 1.36. The molecule has 1 fully saturated rings. The van der Waals surface area contributed by atoms with Crippen LogP contribution in [0.5, 0.6) is 0 Å². The quantitative estimate of drug-likeness (QED) is 0.808. The highest BCUT2D eigenvalue weighted by Crippen LogP contribution is 2.23. The van der Waals surface area contributed by atoms with Gasteiger partial charge < -0.3 is 15.4 Å². The van der Waals surface area contributed by atoms with Crippen LogP contribution in [0.15, 0.2) is 17.5 Å². The molecular formula is C14H20N2O3S. The minimum absolute atomic E-state index is 0.0103. The van der Waals surface area contributed by atoms with E-state index in [-0.39, 0.29) is 30.3 Å². The molecule has 2 rings (SSSR count). The number of methoxy groups -OCH3 is 1. The van der Waals surface area contributed by atoms with E-state index in [0.717, 1.165) is 24.3 Å². The lowest BCUT2D eigenvalue weighted by molar-refractivity contribution is -0.141. The molecule has 1 unspecified atom stereocenters. The Bertz CT molecular complexity index is 441. The molecule has 0 aromatic carbocycles. The van der Waals surface area contributed by atoms with E-state index < -0.39 is 0 Å². The van der Waals surface area contributed by atoms with E-state index in [2.05, 4.69) is 10.6 Å². The van der Waals surface area contributed by atoms with Crippen LogP contribution in [-0.4, -0.2) is 32.1 Å². The first-order valence-electron chi connectivity index (χ1n) is 6.82. The fraction of sp³-hybridized carbons (Fsp3) is 0.571. The number of nitrogens with one attached hydrogen (secondary N) is 2. The fourth-order valence-electron chi connectivity index (χ4n) is 2.33. The van der Waals surface area contributed by atoms with Gasteiger partial charge in [0.25, 0.3) is 0 Å². The van der Waals surface area contributed by atoms with Gasteiger partial charge in [0.05, 0.1) is 25.5 Å². The molecule has 110 valence electrons. The number of piperidine rings is 1. The molecule has 0 bridgehead atoms. The van der Waals surface area contributed by atoms with Crippen molar-refractivity contribution in [3.63, 3.8) is 0 Å². The van der Waals surface area contributed by atoms with Gasteiger partial charge in [-0.15, -0.1) is 11.3 Å².